The van der Waals surface area contributed by atoms with Gasteiger partial charge in [-0.15, -0.1) is 0 Å². The lowest BCUT2D eigenvalue weighted by molar-refractivity contribution is -0.136. The van der Waals surface area contributed by atoms with Crippen molar-refractivity contribution >= 4 is 18.1 Å². The molecule has 25 heavy (non-hydrogen) atoms. The minimum absolute atomic E-state index is 0.0158. The number of halogens is 1. The predicted molar refractivity (Wildman–Crippen MR) is 87.8 cm³/mol. The molecule has 0 aromatic heterocycles. The SMILES string of the molecule is COC(=O)/C(=C/c1cc(O)cc(F)c1)NC(=O)OCc1ccccc1. The van der Waals surface area contributed by atoms with Gasteiger partial charge in [-0.05, 0) is 29.3 Å². The number of carbonyl (C=O) groups is 2. The Balaban J connectivity index is 2.10. The average molecular weight is 345 g/mol. The third kappa shape index (κ3) is 5.65. The van der Waals surface area contributed by atoms with Gasteiger partial charge in [0.25, 0.3) is 0 Å². The van der Waals surface area contributed by atoms with E-state index in [1.807, 2.05) is 6.07 Å². The summed E-state index contributed by atoms with van der Waals surface area (Å²) in [7, 11) is 1.14. The maximum absolute atomic E-state index is 13.3. The van der Waals surface area contributed by atoms with Crippen LogP contribution in [-0.2, 0) is 20.9 Å². The van der Waals surface area contributed by atoms with Gasteiger partial charge in [-0.25, -0.2) is 14.0 Å². The zero-order valence-electron chi connectivity index (χ0n) is 13.4. The molecule has 2 aromatic rings. The molecule has 0 heterocycles. The van der Waals surface area contributed by atoms with Crippen molar-refractivity contribution in [3.8, 4) is 5.75 Å². The lowest BCUT2D eigenvalue weighted by Crippen LogP contribution is -2.28. The summed E-state index contributed by atoms with van der Waals surface area (Å²) >= 11 is 0. The first-order valence-corrected chi connectivity index (χ1v) is 7.25. The zero-order chi connectivity index (χ0) is 18.2. The Kier molecular flexibility index (Phi) is 6.11. The summed E-state index contributed by atoms with van der Waals surface area (Å²) in [5.41, 5.74) is 0.683. The van der Waals surface area contributed by atoms with E-state index in [4.69, 9.17) is 4.74 Å². The fourth-order valence-corrected chi connectivity index (χ4v) is 1.97. The monoisotopic (exact) mass is 345 g/mol. The Morgan fingerprint density at radius 2 is 1.92 bits per heavy atom. The highest BCUT2D eigenvalue weighted by Gasteiger charge is 2.15. The molecular formula is C18H16FNO5. The molecule has 0 saturated carbocycles. The summed E-state index contributed by atoms with van der Waals surface area (Å²) in [6.07, 6.45) is 0.291. The van der Waals surface area contributed by atoms with E-state index in [1.54, 1.807) is 24.3 Å². The van der Waals surface area contributed by atoms with Gasteiger partial charge >= 0.3 is 12.1 Å². The molecule has 1 amide bonds. The number of amides is 1. The first-order chi connectivity index (χ1) is 12.0. The number of benzene rings is 2. The fraction of sp³-hybridized carbons (Fsp3) is 0.111. The van der Waals surface area contributed by atoms with Gasteiger partial charge in [0, 0.05) is 6.07 Å². The number of nitrogens with one attached hydrogen (secondary N) is 1. The standard InChI is InChI=1S/C18H16FNO5/c1-24-17(22)16(9-13-7-14(19)10-15(21)8-13)20-18(23)25-11-12-5-3-2-4-6-12/h2-10,21H,11H2,1H3,(H,20,23)/b16-9-. The number of phenols is 1. The maximum atomic E-state index is 13.3. The van der Waals surface area contributed by atoms with Crippen LogP contribution in [-0.4, -0.2) is 24.3 Å². The molecule has 0 spiro atoms. The third-order valence-electron chi connectivity index (χ3n) is 3.07. The van der Waals surface area contributed by atoms with Crippen molar-refractivity contribution < 1.29 is 28.6 Å². The molecule has 0 saturated heterocycles. The van der Waals surface area contributed by atoms with Crippen molar-refractivity contribution in [1.82, 2.24) is 5.32 Å². The molecule has 2 N–H and O–H groups in total. The topological polar surface area (TPSA) is 84.9 Å². The van der Waals surface area contributed by atoms with E-state index in [0.29, 0.717) is 0 Å². The number of phenolic OH excluding ortho intramolecular Hbond substituents is 1. The van der Waals surface area contributed by atoms with Crippen LogP contribution in [0, 0.1) is 5.82 Å². The molecule has 0 aliphatic carbocycles. The normalized spacial score (nSPS) is 10.9. The molecule has 6 nitrogen and oxygen atoms in total. The van der Waals surface area contributed by atoms with Crippen LogP contribution in [0.1, 0.15) is 11.1 Å². The maximum Gasteiger partial charge on any atom is 0.412 e. The molecule has 2 rings (SSSR count). The first kappa shape index (κ1) is 18.0. The number of hydrogen-bond acceptors (Lipinski definition) is 5. The van der Waals surface area contributed by atoms with Gasteiger partial charge in [0.15, 0.2) is 0 Å². The van der Waals surface area contributed by atoms with Crippen molar-refractivity contribution in [3.63, 3.8) is 0 Å². The summed E-state index contributed by atoms with van der Waals surface area (Å²) < 4.78 is 22.9. The highest BCUT2D eigenvalue weighted by Crippen LogP contribution is 2.17. The molecular weight excluding hydrogens is 329 g/mol. The second-order valence-corrected chi connectivity index (χ2v) is 4.98. The van der Waals surface area contributed by atoms with E-state index in [1.165, 1.54) is 12.1 Å². The van der Waals surface area contributed by atoms with Crippen molar-refractivity contribution in [3.05, 3.63) is 71.2 Å². The number of rotatable bonds is 5. The van der Waals surface area contributed by atoms with Crippen LogP contribution < -0.4 is 5.32 Å². The summed E-state index contributed by atoms with van der Waals surface area (Å²) in [4.78, 5) is 23.6. The minimum atomic E-state index is -0.874. The zero-order valence-corrected chi connectivity index (χ0v) is 13.4. The predicted octanol–water partition coefficient (Wildman–Crippen LogP) is 2.97. The van der Waals surface area contributed by atoms with Gasteiger partial charge in [0.05, 0.1) is 7.11 Å². The third-order valence-corrected chi connectivity index (χ3v) is 3.07. The lowest BCUT2D eigenvalue weighted by Gasteiger charge is -2.09. The first-order valence-electron chi connectivity index (χ1n) is 7.25. The Bertz CT molecular complexity index is 769. The summed E-state index contributed by atoms with van der Waals surface area (Å²) in [6.45, 7) is 0.0158. The molecule has 0 radical (unpaired) electrons. The molecule has 0 aliphatic rings. The smallest absolute Gasteiger partial charge is 0.412 e. The molecule has 0 fully saturated rings. The fourth-order valence-electron chi connectivity index (χ4n) is 1.97. The molecule has 7 heteroatoms. The van der Waals surface area contributed by atoms with Gasteiger partial charge in [0.2, 0.25) is 0 Å². The second-order valence-electron chi connectivity index (χ2n) is 4.98. The highest BCUT2D eigenvalue weighted by atomic mass is 19.1. The number of esters is 1. The van der Waals surface area contributed by atoms with E-state index in [2.05, 4.69) is 10.1 Å². The Morgan fingerprint density at radius 3 is 2.56 bits per heavy atom. The number of hydrogen-bond donors (Lipinski definition) is 2. The number of carbonyl (C=O) groups excluding carboxylic acids is 2. The van der Waals surface area contributed by atoms with Crippen molar-refractivity contribution in [2.24, 2.45) is 0 Å². The Morgan fingerprint density at radius 1 is 1.20 bits per heavy atom. The largest absolute Gasteiger partial charge is 0.508 e. The molecule has 0 aliphatic heterocycles. The van der Waals surface area contributed by atoms with Crippen LogP contribution in [0.5, 0.6) is 5.75 Å². The summed E-state index contributed by atoms with van der Waals surface area (Å²) in [6, 6.07) is 12.2. The molecule has 130 valence electrons. The lowest BCUT2D eigenvalue weighted by atomic mass is 10.1. The van der Waals surface area contributed by atoms with Crippen LogP contribution in [0.4, 0.5) is 9.18 Å². The van der Waals surface area contributed by atoms with Crippen LogP contribution in [0.2, 0.25) is 0 Å². The molecule has 2 aromatic carbocycles. The number of methoxy groups -OCH3 is 1. The number of aromatic hydroxyl groups is 1. The van der Waals surface area contributed by atoms with Crippen LogP contribution in [0.25, 0.3) is 6.08 Å². The van der Waals surface area contributed by atoms with E-state index >= 15 is 0 Å². The van der Waals surface area contributed by atoms with E-state index in [0.717, 1.165) is 24.8 Å². The molecule has 0 bridgehead atoms. The Hall–Kier alpha value is -3.35. The van der Waals surface area contributed by atoms with Gasteiger partial charge in [-0.3, -0.25) is 5.32 Å². The van der Waals surface area contributed by atoms with E-state index in [9.17, 15) is 19.1 Å². The number of ether oxygens (including phenoxy) is 2. The summed E-state index contributed by atoms with van der Waals surface area (Å²) in [5, 5.41) is 11.6. The van der Waals surface area contributed by atoms with Crippen LogP contribution in [0.3, 0.4) is 0 Å². The minimum Gasteiger partial charge on any atom is -0.508 e. The molecule has 0 unspecified atom stereocenters. The molecule has 0 atom stereocenters. The van der Waals surface area contributed by atoms with Crippen LogP contribution in [0.15, 0.2) is 54.2 Å². The van der Waals surface area contributed by atoms with E-state index < -0.39 is 17.9 Å². The second kappa shape index (κ2) is 8.49. The van der Waals surface area contributed by atoms with Crippen molar-refractivity contribution in [2.45, 2.75) is 6.61 Å². The average Bonchev–Trinajstić information content (AvgIpc) is 2.58. The van der Waals surface area contributed by atoms with Gasteiger partial charge in [-0.1, -0.05) is 30.3 Å². The van der Waals surface area contributed by atoms with Crippen LogP contribution >= 0.6 is 0 Å². The quantitative estimate of drug-likeness (QED) is 0.643. The van der Waals surface area contributed by atoms with Gasteiger partial charge in [-0.2, -0.15) is 0 Å². The Labute approximate surface area is 143 Å². The van der Waals surface area contributed by atoms with Gasteiger partial charge < -0.3 is 14.6 Å². The van der Waals surface area contributed by atoms with Crippen molar-refractivity contribution in [1.29, 1.82) is 0 Å². The number of alkyl carbamates (subject to hydrolysis) is 1. The highest BCUT2D eigenvalue weighted by molar-refractivity contribution is 5.96. The van der Waals surface area contributed by atoms with Gasteiger partial charge in [0.1, 0.15) is 23.9 Å². The summed E-state index contributed by atoms with van der Waals surface area (Å²) in [5.74, 6) is -1.86. The van der Waals surface area contributed by atoms with Crippen molar-refractivity contribution in [2.75, 3.05) is 7.11 Å². The van der Waals surface area contributed by atoms with E-state index in [-0.39, 0.29) is 23.6 Å².